The summed E-state index contributed by atoms with van der Waals surface area (Å²) >= 11 is 0. The predicted molar refractivity (Wildman–Crippen MR) is 90.3 cm³/mol. The van der Waals surface area contributed by atoms with Gasteiger partial charge in [-0.1, -0.05) is 12.1 Å². The molecule has 1 aromatic heterocycles. The first-order chi connectivity index (χ1) is 11.9. The van der Waals surface area contributed by atoms with E-state index in [0.717, 1.165) is 4.57 Å². The minimum atomic E-state index is -0.569. The molecule has 0 N–H and O–H groups in total. The molecule has 0 fully saturated rings. The smallest absolute Gasteiger partial charge is 0.337 e. The van der Waals surface area contributed by atoms with Crippen LogP contribution in [-0.4, -0.2) is 22.2 Å². The number of aryl methyl sites for hydroxylation is 1. The van der Waals surface area contributed by atoms with E-state index in [1.807, 2.05) is 0 Å². The molecule has 0 aliphatic rings. The first-order valence-electron chi connectivity index (χ1n) is 7.48. The van der Waals surface area contributed by atoms with Crippen molar-refractivity contribution in [3.63, 3.8) is 0 Å². The number of halogens is 1. The van der Waals surface area contributed by atoms with Gasteiger partial charge in [-0.25, -0.2) is 14.0 Å². The Labute approximate surface area is 141 Å². The van der Waals surface area contributed by atoms with Crippen molar-refractivity contribution in [2.24, 2.45) is 7.05 Å². The maximum atomic E-state index is 13.0. The Morgan fingerprint density at radius 3 is 2.44 bits per heavy atom. The maximum Gasteiger partial charge on any atom is 0.337 e. The van der Waals surface area contributed by atoms with Crippen LogP contribution in [0, 0.1) is 5.82 Å². The molecule has 2 aromatic carbocycles. The fourth-order valence-electron chi connectivity index (χ4n) is 2.67. The Bertz CT molecular complexity index is 1080. The third-order valence-corrected chi connectivity index (χ3v) is 4.03. The Morgan fingerprint density at radius 2 is 1.80 bits per heavy atom. The number of esters is 1. The molecule has 0 unspecified atom stereocenters. The molecule has 0 aliphatic heterocycles. The van der Waals surface area contributed by atoms with E-state index in [4.69, 9.17) is 0 Å². The van der Waals surface area contributed by atoms with E-state index in [1.54, 1.807) is 7.05 Å². The number of carbonyl (C=O) groups excluding carboxylic acids is 1. The average Bonchev–Trinajstić information content (AvgIpc) is 2.63. The van der Waals surface area contributed by atoms with E-state index >= 15 is 0 Å². The quantitative estimate of drug-likeness (QED) is 0.679. The molecule has 0 aliphatic carbocycles. The topological polar surface area (TPSA) is 70.3 Å². The van der Waals surface area contributed by atoms with Crippen LogP contribution < -0.4 is 11.2 Å². The predicted octanol–water partition coefficient (Wildman–Crippen LogP) is 1.67. The molecule has 0 amide bonds. The molecule has 3 rings (SSSR count). The number of hydrogen-bond donors (Lipinski definition) is 0. The van der Waals surface area contributed by atoms with Crippen LogP contribution in [-0.2, 0) is 18.3 Å². The Kier molecular flexibility index (Phi) is 4.22. The van der Waals surface area contributed by atoms with Crippen LogP contribution in [0.1, 0.15) is 15.9 Å². The summed E-state index contributed by atoms with van der Waals surface area (Å²) in [6.07, 6.45) is 0. The lowest BCUT2D eigenvalue weighted by atomic mass is 10.1. The number of ether oxygens (including phenoxy) is 1. The van der Waals surface area contributed by atoms with Gasteiger partial charge in [0.05, 0.1) is 30.1 Å². The molecule has 0 radical (unpaired) electrons. The van der Waals surface area contributed by atoms with Crippen molar-refractivity contribution in [1.82, 2.24) is 9.13 Å². The summed E-state index contributed by atoms with van der Waals surface area (Å²) in [6.45, 7) is 0.00415. The zero-order valence-electron chi connectivity index (χ0n) is 13.7. The van der Waals surface area contributed by atoms with Gasteiger partial charge in [-0.05, 0) is 35.9 Å². The van der Waals surface area contributed by atoms with Crippen molar-refractivity contribution >= 4 is 16.9 Å². The fraction of sp³-hybridized carbons (Fsp3) is 0.167. The lowest BCUT2D eigenvalue weighted by Gasteiger charge is -2.11. The molecule has 1 heterocycles. The number of methoxy groups -OCH3 is 1. The van der Waals surface area contributed by atoms with Crippen LogP contribution >= 0.6 is 0 Å². The number of carbonyl (C=O) groups is 1. The van der Waals surface area contributed by atoms with Gasteiger partial charge >= 0.3 is 11.7 Å². The Morgan fingerprint density at radius 1 is 1.12 bits per heavy atom. The summed E-state index contributed by atoms with van der Waals surface area (Å²) in [7, 11) is 2.79. The normalized spacial score (nSPS) is 10.8. The molecule has 6 nitrogen and oxygen atoms in total. The van der Waals surface area contributed by atoms with Gasteiger partial charge in [-0.3, -0.25) is 13.9 Å². The van der Waals surface area contributed by atoms with E-state index < -0.39 is 23.0 Å². The van der Waals surface area contributed by atoms with Crippen LogP contribution in [0.2, 0.25) is 0 Å². The first-order valence-corrected chi connectivity index (χ1v) is 7.48. The molecule has 0 spiro atoms. The van der Waals surface area contributed by atoms with Crippen molar-refractivity contribution in [3.8, 4) is 0 Å². The van der Waals surface area contributed by atoms with Crippen molar-refractivity contribution in [3.05, 3.63) is 80.2 Å². The van der Waals surface area contributed by atoms with Gasteiger partial charge in [-0.2, -0.15) is 0 Å². The second-order valence-electron chi connectivity index (χ2n) is 5.58. The highest BCUT2D eigenvalue weighted by Gasteiger charge is 2.14. The minimum Gasteiger partial charge on any atom is -0.465 e. The molecule has 128 valence electrons. The Hall–Kier alpha value is -3.22. The number of benzene rings is 2. The van der Waals surface area contributed by atoms with Crippen LogP contribution in [0.25, 0.3) is 10.9 Å². The molecule has 0 bridgehead atoms. The molecular weight excluding hydrogens is 327 g/mol. The van der Waals surface area contributed by atoms with Gasteiger partial charge in [0.25, 0.3) is 5.56 Å². The lowest BCUT2D eigenvalue weighted by Crippen LogP contribution is -2.39. The number of fused-ring (bicyclic) bond motifs is 1. The van der Waals surface area contributed by atoms with Gasteiger partial charge in [0.2, 0.25) is 0 Å². The maximum absolute atomic E-state index is 13.0. The summed E-state index contributed by atoms with van der Waals surface area (Å²) in [6, 6.07) is 9.99. The summed E-state index contributed by atoms with van der Waals surface area (Å²) < 4.78 is 20.1. The molecule has 25 heavy (non-hydrogen) atoms. The molecule has 0 saturated heterocycles. The van der Waals surface area contributed by atoms with E-state index in [0.29, 0.717) is 11.1 Å². The number of hydrogen-bond acceptors (Lipinski definition) is 4. The first kappa shape index (κ1) is 16.6. The number of aromatic nitrogens is 2. The van der Waals surface area contributed by atoms with Crippen LogP contribution in [0.4, 0.5) is 4.39 Å². The molecule has 0 saturated carbocycles. The highest BCUT2D eigenvalue weighted by atomic mass is 19.1. The van der Waals surface area contributed by atoms with Crippen LogP contribution in [0.3, 0.4) is 0 Å². The second-order valence-corrected chi connectivity index (χ2v) is 5.58. The number of rotatable bonds is 3. The van der Waals surface area contributed by atoms with Crippen molar-refractivity contribution < 1.29 is 13.9 Å². The number of nitrogens with zero attached hydrogens (tertiary/aromatic N) is 2. The molecule has 3 aromatic rings. The van der Waals surface area contributed by atoms with E-state index in [1.165, 1.54) is 54.1 Å². The molecular formula is C18H15FN2O4. The van der Waals surface area contributed by atoms with E-state index in [9.17, 15) is 18.8 Å². The summed E-state index contributed by atoms with van der Waals surface area (Å²) in [5, 5.41) is 0.229. The van der Waals surface area contributed by atoms with Crippen molar-refractivity contribution in [2.45, 2.75) is 6.54 Å². The van der Waals surface area contributed by atoms with Gasteiger partial charge in [0.15, 0.2) is 0 Å². The van der Waals surface area contributed by atoms with Crippen molar-refractivity contribution in [1.29, 1.82) is 0 Å². The van der Waals surface area contributed by atoms with Gasteiger partial charge in [-0.15, -0.1) is 0 Å². The minimum absolute atomic E-state index is 0.00415. The third kappa shape index (κ3) is 2.96. The standard InChI is InChI=1S/C18H15FN2O4/c1-20-15-8-5-12(17(23)25-2)9-14(15)16(22)21(18(20)24)10-11-3-6-13(19)7-4-11/h3-9H,10H2,1-2H3. The second kappa shape index (κ2) is 6.35. The van der Waals surface area contributed by atoms with E-state index in [2.05, 4.69) is 4.74 Å². The lowest BCUT2D eigenvalue weighted by molar-refractivity contribution is 0.0601. The zero-order chi connectivity index (χ0) is 18.1. The SMILES string of the molecule is COC(=O)c1ccc2c(c1)c(=O)n(Cc1ccc(F)cc1)c(=O)n2C. The van der Waals surface area contributed by atoms with Crippen LogP contribution in [0.5, 0.6) is 0 Å². The third-order valence-electron chi connectivity index (χ3n) is 4.03. The monoisotopic (exact) mass is 342 g/mol. The fourth-order valence-corrected chi connectivity index (χ4v) is 2.67. The molecule has 0 atom stereocenters. The van der Waals surface area contributed by atoms with Crippen molar-refractivity contribution in [2.75, 3.05) is 7.11 Å². The van der Waals surface area contributed by atoms with Gasteiger partial charge in [0, 0.05) is 7.05 Å². The van der Waals surface area contributed by atoms with E-state index in [-0.39, 0.29) is 17.5 Å². The van der Waals surface area contributed by atoms with Gasteiger partial charge in [0.1, 0.15) is 5.82 Å². The zero-order valence-corrected chi connectivity index (χ0v) is 13.7. The highest BCUT2D eigenvalue weighted by molar-refractivity contribution is 5.94. The van der Waals surface area contributed by atoms with Gasteiger partial charge < -0.3 is 4.74 Å². The Balaban J connectivity index is 2.21. The summed E-state index contributed by atoms with van der Waals surface area (Å²) in [5.41, 5.74) is 0.238. The average molecular weight is 342 g/mol. The largest absolute Gasteiger partial charge is 0.465 e. The summed E-state index contributed by atoms with van der Waals surface area (Å²) in [5.74, 6) is -0.967. The summed E-state index contributed by atoms with van der Waals surface area (Å²) in [4.78, 5) is 37.0. The molecule has 7 heteroatoms. The highest BCUT2D eigenvalue weighted by Crippen LogP contribution is 2.12. The van der Waals surface area contributed by atoms with Crippen LogP contribution in [0.15, 0.2) is 52.1 Å².